The minimum Gasteiger partial charge on any atom is -0.307 e. The zero-order valence-electron chi connectivity index (χ0n) is 12.1. The van der Waals surface area contributed by atoms with Crippen molar-refractivity contribution in [2.24, 2.45) is 7.05 Å². The van der Waals surface area contributed by atoms with Gasteiger partial charge < -0.3 is 4.57 Å². The summed E-state index contributed by atoms with van der Waals surface area (Å²) in [5.74, 6) is 1.52. The van der Waals surface area contributed by atoms with Crippen molar-refractivity contribution < 1.29 is 0 Å². The van der Waals surface area contributed by atoms with E-state index < -0.39 is 0 Å². The molecule has 0 spiro atoms. The molecule has 0 aliphatic heterocycles. The number of hydrogen-bond acceptors (Lipinski definition) is 4. The quantitative estimate of drug-likeness (QED) is 0.676. The van der Waals surface area contributed by atoms with Crippen molar-refractivity contribution in [2.75, 3.05) is 5.88 Å². The molecule has 0 fully saturated rings. The van der Waals surface area contributed by atoms with E-state index in [0.29, 0.717) is 12.4 Å². The molecule has 0 aliphatic rings. The first-order valence-electron chi connectivity index (χ1n) is 6.96. The van der Waals surface area contributed by atoms with E-state index in [1.54, 1.807) is 12.5 Å². The van der Waals surface area contributed by atoms with E-state index in [-0.39, 0.29) is 0 Å². The van der Waals surface area contributed by atoms with Crippen LogP contribution in [0.5, 0.6) is 0 Å². The van der Waals surface area contributed by atoms with Gasteiger partial charge >= 0.3 is 0 Å². The molecule has 0 radical (unpaired) electrons. The van der Waals surface area contributed by atoms with E-state index in [1.807, 2.05) is 17.8 Å². The molecule has 3 aromatic rings. The molecule has 0 N–H and O–H groups in total. The molecule has 0 amide bonds. The minimum absolute atomic E-state index is 0.544. The minimum atomic E-state index is 0.544. The van der Waals surface area contributed by atoms with Crippen molar-refractivity contribution in [1.82, 2.24) is 29.3 Å². The molecular weight excluding hydrogens is 288 g/mol. The maximum atomic E-state index is 5.92. The summed E-state index contributed by atoms with van der Waals surface area (Å²) >= 11 is 5.92. The van der Waals surface area contributed by atoms with Crippen LogP contribution >= 0.6 is 11.6 Å². The monoisotopic (exact) mass is 304 g/mol. The fraction of sp³-hybridized carbons (Fsp3) is 0.429. The van der Waals surface area contributed by atoms with Gasteiger partial charge in [-0.25, -0.2) is 15.0 Å². The summed E-state index contributed by atoms with van der Waals surface area (Å²) in [6.45, 7) is 2.74. The Labute approximate surface area is 127 Å². The highest BCUT2D eigenvalue weighted by atomic mass is 35.5. The van der Waals surface area contributed by atoms with Crippen LogP contribution in [-0.4, -0.2) is 35.2 Å². The van der Waals surface area contributed by atoms with E-state index in [9.17, 15) is 0 Å². The first-order chi connectivity index (χ1) is 10.2. The van der Waals surface area contributed by atoms with Crippen LogP contribution < -0.4 is 0 Å². The maximum Gasteiger partial charge on any atom is 0.159 e. The second-order valence-electron chi connectivity index (χ2n) is 4.85. The third-order valence-electron chi connectivity index (χ3n) is 3.49. The number of hydrogen-bond donors (Lipinski definition) is 0. The number of aryl methyl sites for hydroxylation is 3. The highest BCUT2D eigenvalue weighted by Crippen LogP contribution is 2.21. The first-order valence-corrected chi connectivity index (χ1v) is 7.49. The van der Waals surface area contributed by atoms with E-state index in [4.69, 9.17) is 16.6 Å². The van der Waals surface area contributed by atoms with Gasteiger partial charge in [-0.2, -0.15) is 5.10 Å². The molecule has 0 bridgehead atoms. The Hall–Kier alpha value is -1.95. The van der Waals surface area contributed by atoms with Crippen LogP contribution in [0.2, 0.25) is 0 Å². The second kappa shape index (κ2) is 5.81. The molecule has 110 valence electrons. The van der Waals surface area contributed by atoms with Gasteiger partial charge in [0.15, 0.2) is 5.65 Å². The summed E-state index contributed by atoms with van der Waals surface area (Å²) in [5, 5.41) is 4.54. The lowest BCUT2D eigenvalue weighted by Crippen LogP contribution is -2.10. The van der Waals surface area contributed by atoms with E-state index in [0.717, 1.165) is 41.2 Å². The largest absolute Gasteiger partial charge is 0.307 e. The van der Waals surface area contributed by atoms with Gasteiger partial charge in [-0.15, -0.1) is 11.6 Å². The van der Waals surface area contributed by atoms with Crippen LogP contribution in [0.15, 0.2) is 18.6 Å². The fourth-order valence-electron chi connectivity index (χ4n) is 2.54. The van der Waals surface area contributed by atoms with Crippen LogP contribution in [-0.2, 0) is 26.4 Å². The van der Waals surface area contributed by atoms with Gasteiger partial charge in [0.1, 0.15) is 17.7 Å². The molecule has 0 aromatic carbocycles. The molecule has 7 heteroatoms. The van der Waals surface area contributed by atoms with Crippen LogP contribution in [0, 0.1) is 0 Å². The molecule has 6 nitrogen and oxygen atoms in total. The van der Waals surface area contributed by atoms with Gasteiger partial charge in [0, 0.05) is 25.5 Å². The van der Waals surface area contributed by atoms with Gasteiger partial charge in [-0.05, 0) is 12.5 Å². The first kappa shape index (κ1) is 14.0. The molecule has 0 atom stereocenters. The second-order valence-corrected chi connectivity index (χ2v) is 5.23. The SMILES string of the molecule is CCc1nn(C)c2c1nc(CCCl)n2Cc1ccncn1. The van der Waals surface area contributed by atoms with Gasteiger partial charge in [-0.3, -0.25) is 4.68 Å². The molecule has 3 heterocycles. The predicted molar refractivity (Wildman–Crippen MR) is 81.4 cm³/mol. The molecule has 21 heavy (non-hydrogen) atoms. The Balaban J connectivity index is 2.13. The highest BCUT2D eigenvalue weighted by molar-refractivity contribution is 6.17. The van der Waals surface area contributed by atoms with Gasteiger partial charge in [0.05, 0.1) is 17.9 Å². The summed E-state index contributed by atoms with van der Waals surface area (Å²) in [6, 6.07) is 1.91. The zero-order chi connectivity index (χ0) is 14.8. The van der Waals surface area contributed by atoms with Gasteiger partial charge in [0.2, 0.25) is 0 Å². The summed E-state index contributed by atoms with van der Waals surface area (Å²) < 4.78 is 4.03. The Morgan fingerprint density at radius 1 is 1.33 bits per heavy atom. The summed E-state index contributed by atoms with van der Waals surface area (Å²) in [7, 11) is 1.95. The Bertz CT molecular complexity index is 746. The number of aromatic nitrogens is 6. The summed E-state index contributed by atoms with van der Waals surface area (Å²) in [5.41, 5.74) is 3.95. The smallest absolute Gasteiger partial charge is 0.159 e. The maximum absolute atomic E-state index is 5.92. The third-order valence-corrected chi connectivity index (χ3v) is 3.68. The van der Waals surface area contributed by atoms with Crippen LogP contribution in [0.1, 0.15) is 24.1 Å². The standard InChI is InChI=1S/C14H17ClN6/c1-3-11-13-14(20(2)19-11)21(12(18-13)4-6-15)8-10-5-7-16-9-17-10/h5,7,9H,3-4,6,8H2,1-2H3. The average molecular weight is 305 g/mol. The van der Waals surface area contributed by atoms with Crippen molar-refractivity contribution in [3.63, 3.8) is 0 Å². The third kappa shape index (κ3) is 2.51. The van der Waals surface area contributed by atoms with Crippen molar-refractivity contribution in [3.8, 4) is 0 Å². The van der Waals surface area contributed by atoms with Crippen LogP contribution in [0.4, 0.5) is 0 Å². The van der Waals surface area contributed by atoms with Crippen LogP contribution in [0.3, 0.4) is 0 Å². The number of imidazole rings is 1. The number of nitrogens with zero attached hydrogens (tertiary/aromatic N) is 6. The molecule has 0 saturated carbocycles. The summed E-state index contributed by atoms with van der Waals surface area (Å²) in [4.78, 5) is 13.0. The molecular formula is C14H17ClN6. The number of halogens is 1. The van der Waals surface area contributed by atoms with Gasteiger partial charge in [-0.1, -0.05) is 6.92 Å². The number of alkyl halides is 1. The van der Waals surface area contributed by atoms with Gasteiger partial charge in [0.25, 0.3) is 0 Å². The van der Waals surface area contributed by atoms with Crippen molar-refractivity contribution >= 4 is 22.8 Å². The van der Waals surface area contributed by atoms with E-state index in [2.05, 4.69) is 26.6 Å². The van der Waals surface area contributed by atoms with Crippen LogP contribution in [0.25, 0.3) is 11.2 Å². The van der Waals surface area contributed by atoms with E-state index >= 15 is 0 Å². The van der Waals surface area contributed by atoms with Crippen molar-refractivity contribution in [3.05, 3.63) is 35.8 Å². The summed E-state index contributed by atoms with van der Waals surface area (Å²) in [6.07, 6.45) is 4.90. The Morgan fingerprint density at radius 2 is 2.19 bits per heavy atom. The Morgan fingerprint density at radius 3 is 2.86 bits per heavy atom. The lowest BCUT2D eigenvalue weighted by Gasteiger charge is -2.08. The Kier molecular flexibility index (Phi) is 3.88. The predicted octanol–water partition coefficient (Wildman–Crippen LogP) is 1.95. The lowest BCUT2D eigenvalue weighted by atomic mass is 10.3. The number of rotatable bonds is 5. The van der Waals surface area contributed by atoms with Crippen molar-refractivity contribution in [1.29, 1.82) is 0 Å². The normalized spacial score (nSPS) is 11.4. The zero-order valence-corrected chi connectivity index (χ0v) is 12.9. The average Bonchev–Trinajstić information content (AvgIpc) is 2.99. The lowest BCUT2D eigenvalue weighted by molar-refractivity contribution is 0.679. The topological polar surface area (TPSA) is 61.4 Å². The molecule has 0 unspecified atom stereocenters. The molecule has 0 saturated heterocycles. The molecule has 3 aromatic heterocycles. The number of fused-ring (bicyclic) bond motifs is 1. The fourth-order valence-corrected chi connectivity index (χ4v) is 2.71. The molecule has 3 rings (SSSR count). The highest BCUT2D eigenvalue weighted by Gasteiger charge is 2.18. The molecule has 0 aliphatic carbocycles. The van der Waals surface area contributed by atoms with E-state index in [1.165, 1.54) is 0 Å². The van der Waals surface area contributed by atoms with Crippen molar-refractivity contribution in [2.45, 2.75) is 26.3 Å².